The molecule has 0 radical (unpaired) electrons. The van der Waals surface area contributed by atoms with Crippen molar-refractivity contribution in [3.63, 3.8) is 0 Å². The molecule has 1 aromatic carbocycles. The van der Waals surface area contributed by atoms with Gasteiger partial charge in [0.15, 0.2) is 5.65 Å². The number of carbonyl (C=O) groups excluding carboxylic acids is 1. The molecule has 1 aliphatic rings. The lowest BCUT2D eigenvalue weighted by molar-refractivity contribution is -0.384. The number of pyridine rings is 1. The molecular formula is C18H14N6O3. The van der Waals surface area contributed by atoms with E-state index in [4.69, 9.17) is 0 Å². The van der Waals surface area contributed by atoms with Gasteiger partial charge in [-0.15, -0.1) is 5.10 Å². The average molecular weight is 362 g/mol. The number of carbonyl (C=O) groups is 1. The van der Waals surface area contributed by atoms with Gasteiger partial charge < -0.3 is 4.98 Å². The quantitative estimate of drug-likeness (QED) is 0.427. The molecule has 0 saturated heterocycles. The maximum Gasteiger partial charge on any atom is 0.270 e. The van der Waals surface area contributed by atoms with E-state index < -0.39 is 4.92 Å². The van der Waals surface area contributed by atoms with Crippen LogP contribution < -0.4 is 5.32 Å². The number of amides is 1. The molecule has 9 nitrogen and oxygen atoms in total. The number of nitro benzene ring substituents is 1. The van der Waals surface area contributed by atoms with Gasteiger partial charge in [0.1, 0.15) is 0 Å². The second-order valence-corrected chi connectivity index (χ2v) is 6.59. The van der Waals surface area contributed by atoms with Gasteiger partial charge in [0.05, 0.1) is 16.3 Å². The number of hydrogen-bond acceptors (Lipinski definition) is 5. The number of nitrogens with one attached hydrogen (secondary N) is 2. The Morgan fingerprint density at radius 3 is 2.89 bits per heavy atom. The highest BCUT2D eigenvalue weighted by Crippen LogP contribution is 2.30. The van der Waals surface area contributed by atoms with Crippen LogP contribution in [0.5, 0.6) is 0 Å². The molecule has 0 unspecified atom stereocenters. The van der Waals surface area contributed by atoms with E-state index in [1.165, 1.54) is 12.1 Å². The first-order valence-electron chi connectivity index (χ1n) is 8.53. The Hall–Kier alpha value is -3.75. The minimum atomic E-state index is -0.418. The summed E-state index contributed by atoms with van der Waals surface area (Å²) in [4.78, 5) is 30.1. The lowest BCUT2D eigenvalue weighted by Gasteiger charge is -2.00. The summed E-state index contributed by atoms with van der Waals surface area (Å²) in [7, 11) is 0. The van der Waals surface area contributed by atoms with Gasteiger partial charge in [0, 0.05) is 29.0 Å². The van der Waals surface area contributed by atoms with Gasteiger partial charge in [-0.1, -0.05) is 6.07 Å². The Morgan fingerprint density at radius 1 is 1.26 bits per heavy atom. The van der Waals surface area contributed by atoms with Crippen molar-refractivity contribution in [1.29, 1.82) is 0 Å². The second-order valence-electron chi connectivity index (χ2n) is 6.59. The van der Waals surface area contributed by atoms with E-state index in [1.807, 2.05) is 18.2 Å². The van der Waals surface area contributed by atoms with Gasteiger partial charge in [-0.2, -0.15) is 4.98 Å². The molecule has 134 valence electrons. The largest absolute Gasteiger partial charge is 0.353 e. The van der Waals surface area contributed by atoms with Crippen LogP contribution in [-0.4, -0.2) is 30.4 Å². The number of nitro groups is 1. The van der Waals surface area contributed by atoms with Crippen LogP contribution in [-0.2, 0) is 4.79 Å². The van der Waals surface area contributed by atoms with Gasteiger partial charge in [-0.25, -0.2) is 4.52 Å². The van der Waals surface area contributed by atoms with Gasteiger partial charge in [-0.3, -0.25) is 20.2 Å². The standard InChI is InChI=1S/C18H14N6O3/c25-17(10-4-5-10)21-18-20-16-3-1-2-15(23(16)22-18)14-9-11-8-12(24(26)27)6-7-13(11)19-14/h1-3,6-10,19H,4-5H2,(H,21,22,25). The molecule has 0 aliphatic heterocycles. The molecule has 1 fully saturated rings. The van der Waals surface area contributed by atoms with Gasteiger partial charge in [-0.05, 0) is 37.1 Å². The fraction of sp³-hybridized carbons (Fsp3) is 0.167. The summed E-state index contributed by atoms with van der Waals surface area (Å²) in [6.45, 7) is 0. The fourth-order valence-corrected chi connectivity index (χ4v) is 3.09. The average Bonchev–Trinajstić information content (AvgIpc) is 3.29. The molecule has 4 aromatic rings. The minimum absolute atomic E-state index is 0.0390. The van der Waals surface area contributed by atoms with E-state index >= 15 is 0 Å². The zero-order valence-corrected chi connectivity index (χ0v) is 14.0. The van der Waals surface area contributed by atoms with Crippen LogP contribution in [0.4, 0.5) is 11.6 Å². The van der Waals surface area contributed by atoms with E-state index in [1.54, 1.807) is 16.6 Å². The van der Waals surface area contributed by atoms with Crippen LogP contribution >= 0.6 is 0 Å². The highest BCUT2D eigenvalue weighted by molar-refractivity contribution is 5.92. The second kappa shape index (κ2) is 5.63. The SMILES string of the molecule is O=C(Nc1nc2cccc(-c3cc4cc([N+](=O)[O-])ccc4[nH]3)n2n1)C1CC1. The molecule has 0 atom stereocenters. The number of H-pyrrole nitrogens is 1. The van der Waals surface area contributed by atoms with Crippen LogP contribution in [0.1, 0.15) is 12.8 Å². The Labute approximate surface area is 152 Å². The number of nitrogens with zero attached hydrogens (tertiary/aromatic N) is 4. The maximum absolute atomic E-state index is 11.9. The van der Waals surface area contributed by atoms with Crippen LogP contribution in [0.15, 0.2) is 42.5 Å². The van der Waals surface area contributed by atoms with Crippen LogP contribution in [0.2, 0.25) is 0 Å². The smallest absolute Gasteiger partial charge is 0.270 e. The van der Waals surface area contributed by atoms with Crippen LogP contribution in [0.3, 0.4) is 0 Å². The molecule has 1 aliphatic carbocycles. The van der Waals surface area contributed by atoms with E-state index in [0.29, 0.717) is 5.65 Å². The zero-order valence-electron chi connectivity index (χ0n) is 14.0. The van der Waals surface area contributed by atoms with E-state index in [0.717, 1.165) is 35.1 Å². The number of anilines is 1. The van der Waals surface area contributed by atoms with Gasteiger partial charge in [0.25, 0.3) is 5.69 Å². The van der Waals surface area contributed by atoms with Crippen molar-refractivity contribution in [3.05, 3.63) is 52.6 Å². The Morgan fingerprint density at radius 2 is 2.11 bits per heavy atom. The first kappa shape index (κ1) is 15.5. The van der Waals surface area contributed by atoms with Crippen molar-refractivity contribution in [3.8, 4) is 11.4 Å². The molecule has 1 saturated carbocycles. The van der Waals surface area contributed by atoms with Crippen molar-refractivity contribution in [2.45, 2.75) is 12.8 Å². The number of fused-ring (bicyclic) bond motifs is 2. The normalized spacial score (nSPS) is 13.9. The lowest BCUT2D eigenvalue weighted by Crippen LogP contribution is -2.14. The summed E-state index contributed by atoms with van der Waals surface area (Å²) in [6, 6.07) is 12.0. The molecule has 3 aromatic heterocycles. The fourth-order valence-electron chi connectivity index (χ4n) is 3.09. The summed E-state index contributed by atoms with van der Waals surface area (Å²) in [6.07, 6.45) is 1.82. The van der Waals surface area contributed by atoms with Gasteiger partial charge in [0.2, 0.25) is 11.9 Å². The van der Waals surface area contributed by atoms with Crippen LogP contribution in [0, 0.1) is 16.0 Å². The Kier molecular flexibility index (Phi) is 3.23. The minimum Gasteiger partial charge on any atom is -0.353 e. The third-order valence-corrected chi connectivity index (χ3v) is 4.63. The third-order valence-electron chi connectivity index (χ3n) is 4.63. The molecule has 0 spiro atoms. The van der Waals surface area contributed by atoms with Crippen molar-refractivity contribution in [1.82, 2.24) is 19.6 Å². The van der Waals surface area contributed by atoms with Crippen molar-refractivity contribution in [2.24, 2.45) is 5.92 Å². The topological polar surface area (TPSA) is 118 Å². The highest BCUT2D eigenvalue weighted by Gasteiger charge is 2.30. The number of rotatable bonds is 4. The molecular weight excluding hydrogens is 348 g/mol. The molecule has 2 N–H and O–H groups in total. The highest BCUT2D eigenvalue weighted by atomic mass is 16.6. The number of aromatic amines is 1. The summed E-state index contributed by atoms with van der Waals surface area (Å²) < 4.78 is 1.64. The molecule has 9 heteroatoms. The van der Waals surface area contributed by atoms with Crippen LogP contribution in [0.25, 0.3) is 27.9 Å². The van der Waals surface area contributed by atoms with E-state index in [2.05, 4.69) is 20.4 Å². The summed E-state index contributed by atoms with van der Waals surface area (Å²) >= 11 is 0. The first-order valence-corrected chi connectivity index (χ1v) is 8.53. The first-order chi connectivity index (χ1) is 13.1. The maximum atomic E-state index is 11.9. The number of non-ortho nitro benzene ring substituents is 1. The molecule has 5 rings (SSSR count). The van der Waals surface area contributed by atoms with E-state index in [9.17, 15) is 14.9 Å². The molecule has 27 heavy (non-hydrogen) atoms. The Balaban J connectivity index is 1.57. The monoisotopic (exact) mass is 362 g/mol. The van der Waals surface area contributed by atoms with Crippen molar-refractivity contribution < 1.29 is 9.72 Å². The number of aromatic nitrogens is 4. The zero-order chi connectivity index (χ0) is 18.5. The Bertz CT molecular complexity index is 1220. The number of benzene rings is 1. The molecule has 0 bridgehead atoms. The van der Waals surface area contributed by atoms with Crippen molar-refractivity contribution >= 4 is 34.1 Å². The molecule has 3 heterocycles. The third kappa shape index (κ3) is 2.69. The van der Waals surface area contributed by atoms with Crippen molar-refractivity contribution in [2.75, 3.05) is 5.32 Å². The predicted octanol–water partition coefficient (Wildman–Crippen LogP) is 3.13. The van der Waals surface area contributed by atoms with E-state index in [-0.39, 0.29) is 23.5 Å². The summed E-state index contributed by atoms with van der Waals surface area (Å²) in [5.41, 5.74) is 2.92. The summed E-state index contributed by atoms with van der Waals surface area (Å²) in [5.74, 6) is 0.289. The number of hydrogen-bond donors (Lipinski definition) is 2. The molecule has 1 amide bonds. The van der Waals surface area contributed by atoms with Gasteiger partial charge >= 0.3 is 0 Å². The predicted molar refractivity (Wildman–Crippen MR) is 98.3 cm³/mol. The lowest BCUT2D eigenvalue weighted by atomic mass is 10.2. The summed E-state index contributed by atoms with van der Waals surface area (Å²) in [5, 5.41) is 18.9.